The number of nitrogens with zero attached hydrogens (tertiary/aromatic N) is 1. The summed E-state index contributed by atoms with van der Waals surface area (Å²) in [5.41, 5.74) is 0. The minimum absolute atomic E-state index is 0.0747. The highest BCUT2D eigenvalue weighted by molar-refractivity contribution is 5.82. The molecule has 0 aliphatic carbocycles. The summed E-state index contributed by atoms with van der Waals surface area (Å²) in [6, 6.07) is -0.640. The van der Waals surface area contributed by atoms with Crippen LogP contribution in [0.15, 0.2) is 0 Å². The Morgan fingerprint density at radius 1 is 0.742 bits per heavy atom. The average molecular weight is 443 g/mol. The van der Waals surface area contributed by atoms with E-state index < -0.39 is 18.2 Å². The SMILES string of the molecule is CCCCCCCCCCCC(O)N[C@@H](CCC(=O)O)C(=O)N(CCCC)CCCC. The van der Waals surface area contributed by atoms with Crippen molar-refractivity contribution in [2.45, 2.75) is 136 Å². The maximum Gasteiger partial charge on any atom is 0.303 e. The van der Waals surface area contributed by atoms with E-state index in [-0.39, 0.29) is 18.7 Å². The number of carbonyl (C=O) groups excluding carboxylic acids is 1. The van der Waals surface area contributed by atoms with Crippen LogP contribution < -0.4 is 5.32 Å². The Balaban J connectivity index is 4.48. The zero-order valence-corrected chi connectivity index (χ0v) is 20.5. The first-order valence-electron chi connectivity index (χ1n) is 12.9. The molecular weight excluding hydrogens is 392 g/mol. The van der Waals surface area contributed by atoms with E-state index in [1.54, 1.807) is 0 Å². The number of rotatable bonds is 22. The number of carboxylic acids is 1. The molecule has 0 heterocycles. The number of carbonyl (C=O) groups is 2. The Bertz CT molecular complexity index is 437. The van der Waals surface area contributed by atoms with Gasteiger partial charge >= 0.3 is 5.97 Å². The molecular formula is C25H50N2O4. The fourth-order valence-electron chi connectivity index (χ4n) is 3.76. The van der Waals surface area contributed by atoms with Crippen molar-refractivity contribution in [3.63, 3.8) is 0 Å². The summed E-state index contributed by atoms with van der Waals surface area (Å²) in [4.78, 5) is 26.0. The number of nitrogens with one attached hydrogen (secondary N) is 1. The molecule has 0 bridgehead atoms. The number of hydrogen-bond donors (Lipinski definition) is 3. The molecule has 184 valence electrons. The van der Waals surface area contributed by atoms with Crippen molar-refractivity contribution in [2.75, 3.05) is 13.1 Å². The molecule has 0 aromatic heterocycles. The highest BCUT2D eigenvalue weighted by Gasteiger charge is 2.26. The fraction of sp³-hybridized carbons (Fsp3) is 0.920. The number of unbranched alkanes of at least 4 members (excludes halogenated alkanes) is 10. The maximum absolute atomic E-state index is 13.1. The molecule has 0 aliphatic heterocycles. The minimum Gasteiger partial charge on any atom is -0.481 e. The Hall–Kier alpha value is -1.14. The number of aliphatic carboxylic acids is 1. The van der Waals surface area contributed by atoms with Crippen LogP contribution in [0, 0.1) is 0 Å². The van der Waals surface area contributed by atoms with Crippen LogP contribution in [0.1, 0.15) is 124 Å². The summed E-state index contributed by atoms with van der Waals surface area (Å²) >= 11 is 0. The quantitative estimate of drug-likeness (QED) is 0.153. The second-order valence-electron chi connectivity index (χ2n) is 8.82. The van der Waals surface area contributed by atoms with Crippen LogP contribution >= 0.6 is 0 Å². The van der Waals surface area contributed by atoms with E-state index in [1.165, 1.54) is 44.9 Å². The molecule has 6 heteroatoms. The van der Waals surface area contributed by atoms with Crippen molar-refractivity contribution in [2.24, 2.45) is 0 Å². The van der Waals surface area contributed by atoms with Gasteiger partial charge in [0.2, 0.25) is 5.91 Å². The highest BCUT2D eigenvalue weighted by Crippen LogP contribution is 2.13. The van der Waals surface area contributed by atoms with Gasteiger partial charge in [-0.25, -0.2) is 0 Å². The van der Waals surface area contributed by atoms with Gasteiger partial charge in [-0.2, -0.15) is 0 Å². The molecule has 6 nitrogen and oxygen atoms in total. The van der Waals surface area contributed by atoms with Crippen LogP contribution in [-0.2, 0) is 9.59 Å². The van der Waals surface area contributed by atoms with Gasteiger partial charge in [0.1, 0.15) is 6.23 Å². The van der Waals surface area contributed by atoms with Gasteiger partial charge in [0.25, 0.3) is 0 Å². The Kier molecular flexibility index (Phi) is 20.0. The van der Waals surface area contributed by atoms with Crippen LogP contribution in [0.25, 0.3) is 0 Å². The van der Waals surface area contributed by atoms with Crippen LogP contribution in [0.2, 0.25) is 0 Å². The third-order valence-electron chi connectivity index (χ3n) is 5.79. The van der Waals surface area contributed by atoms with Gasteiger partial charge < -0.3 is 15.1 Å². The second-order valence-corrected chi connectivity index (χ2v) is 8.82. The van der Waals surface area contributed by atoms with E-state index in [4.69, 9.17) is 5.11 Å². The first-order chi connectivity index (χ1) is 15.0. The van der Waals surface area contributed by atoms with E-state index in [0.717, 1.165) is 38.5 Å². The molecule has 0 aromatic rings. The largest absolute Gasteiger partial charge is 0.481 e. The van der Waals surface area contributed by atoms with Crippen molar-refractivity contribution in [1.29, 1.82) is 0 Å². The van der Waals surface area contributed by atoms with E-state index >= 15 is 0 Å². The molecule has 0 aromatic carbocycles. The number of aliphatic hydroxyl groups is 1. The molecule has 31 heavy (non-hydrogen) atoms. The lowest BCUT2D eigenvalue weighted by Crippen LogP contribution is -2.50. The molecule has 0 saturated heterocycles. The highest BCUT2D eigenvalue weighted by atomic mass is 16.4. The molecule has 2 atom stereocenters. The van der Waals surface area contributed by atoms with Crippen molar-refractivity contribution >= 4 is 11.9 Å². The molecule has 0 fully saturated rings. The van der Waals surface area contributed by atoms with Gasteiger partial charge in [-0.3, -0.25) is 14.9 Å². The first kappa shape index (κ1) is 29.9. The van der Waals surface area contributed by atoms with E-state index in [2.05, 4.69) is 26.1 Å². The van der Waals surface area contributed by atoms with E-state index in [9.17, 15) is 14.7 Å². The molecule has 1 unspecified atom stereocenters. The summed E-state index contributed by atoms with van der Waals surface area (Å²) in [7, 11) is 0. The van der Waals surface area contributed by atoms with Crippen molar-refractivity contribution in [1.82, 2.24) is 10.2 Å². The van der Waals surface area contributed by atoms with E-state index in [1.807, 2.05) is 4.90 Å². The lowest BCUT2D eigenvalue weighted by Gasteiger charge is -2.29. The number of aliphatic hydroxyl groups excluding tert-OH is 1. The van der Waals surface area contributed by atoms with Crippen LogP contribution in [0.3, 0.4) is 0 Å². The average Bonchev–Trinajstić information content (AvgIpc) is 2.75. The Morgan fingerprint density at radius 2 is 1.23 bits per heavy atom. The number of carboxylic acid groups (broad SMARTS) is 1. The monoisotopic (exact) mass is 442 g/mol. The van der Waals surface area contributed by atoms with Crippen LogP contribution in [0.5, 0.6) is 0 Å². The zero-order valence-electron chi connectivity index (χ0n) is 20.5. The topological polar surface area (TPSA) is 89.9 Å². The predicted octanol–water partition coefficient (Wildman–Crippen LogP) is 5.48. The Morgan fingerprint density at radius 3 is 1.71 bits per heavy atom. The third kappa shape index (κ3) is 17.1. The third-order valence-corrected chi connectivity index (χ3v) is 5.79. The molecule has 3 N–H and O–H groups in total. The normalized spacial score (nSPS) is 13.2. The molecule has 0 spiro atoms. The molecule has 0 radical (unpaired) electrons. The smallest absolute Gasteiger partial charge is 0.303 e. The summed E-state index contributed by atoms with van der Waals surface area (Å²) in [5.74, 6) is -0.990. The number of hydrogen-bond acceptors (Lipinski definition) is 4. The van der Waals surface area contributed by atoms with Gasteiger partial charge in [0, 0.05) is 19.5 Å². The van der Waals surface area contributed by atoms with Gasteiger partial charge in [-0.15, -0.1) is 0 Å². The first-order valence-corrected chi connectivity index (χ1v) is 12.9. The summed E-state index contributed by atoms with van der Waals surface area (Å²) in [6.45, 7) is 7.80. The Labute approximate surface area is 191 Å². The zero-order chi connectivity index (χ0) is 23.3. The number of amides is 1. The summed E-state index contributed by atoms with van der Waals surface area (Å²) in [6.07, 6.45) is 14.8. The van der Waals surface area contributed by atoms with Gasteiger partial charge in [0.05, 0.1) is 6.04 Å². The molecule has 0 saturated carbocycles. The van der Waals surface area contributed by atoms with Crippen molar-refractivity contribution < 1.29 is 19.8 Å². The molecule has 0 aliphatic rings. The predicted molar refractivity (Wildman–Crippen MR) is 128 cm³/mol. The molecule has 1 amide bonds. The second kappa shape index (κ2) is 20.7. The minimum atomic E-state index is -0.915. The standard InChI is InChI=1S/C25H50N2O4/c1-4-7-10-11-12-13-14-15-16-17-23(28)26-22(18-19-24(29)30)25(31)27(20-8-5-2)21-9-6-3/h22-23,26,28H,4-21H2,1-3H3,(H,29,30)/t22-,23?/m0/s1. The van der Waals surface area contributed by atoms with Crippen molar-refractivity contribution in [3.8, 4) is 0 Å². The van der Waals surface area contributed by atoms with Gasteiger partial charge in [0.15, 0.2) is 0 Å². The summed E-state index contributed by atoms with van der Waals surface area (Å²) < 4.78 is 0. The fourth-order valence-corrected chi connectivity index (χ4v) is 3.76. The van der Waals surface area contributed by atoms with E-state index in [0.29, 0.717) is 19.5 Å². The lowest BCUT2D eigenvalue weighted by atomic mass is 10.1. The van der Waals surface area contributed by atoms with Crippen LogP contribution in [-0.4, -0.2) is 52.3 Å². The summed E-state index contributed by atoms with van der Waals surface area (Å²) in [5, 5.41) is 22.5. The molecule has 0 rings (SSSR count). The van der Waals surface area contributed by atoms with Crippen LogP contribution in [0.4, 0.5) is 0 Å². The van der Waals surface area contributed by atoms with Gasteiger partial charge in [-0.05, 0) is 32.1 Å². The lowest BCUT2D eigenvalue weighted by molar-refractivity contribution is -0.138. The maximum atomic E-state index is 13.1. The van der Waals surface area contributed by atoms with Gasteiger partial charge in [-0.1, -0.05) is 85.0 Å². The van der Waals surface area contributed by atoms with Crippen molar-refractivity contribution in [3.05, 3.63) is 0 Å².